The molecule has 0 aliphatic rings. The van der Waals surface area contributed by atoms with Crippen LogP contribution in [0.3, 0.4) is 0 Å². The van der Waals surface area contributed by atoms with Crippen molar-refractivity contribution in [3.05, 3.63) is 59.5 Å². The molecule has 7 nitrogen and oxygen atoms in total. The molecule has 2 heterocycles. The van der Waals surface area contributed by atoms with Crippen molar-refractivity contribution >= 4 is 23.0 Å². The summed E-state index contributed by atoms with van der Waals surface area (Å²) in [6, 6.07) is 6.85. The Bertz CT molecular complexity index is 975. The number of carbonyl (C=O) groups is 2. The molecule has 27 heavy (non-hydrogen) atoms. The van der Waals surface area contributed by atoms with E-state index in [1.54, 1.807) is 35.0 Å². The Balaban J connectivity index is 1.81. The van der Waals surface area contributed by atoms with Gasteiger partial charge in [0.2, 0.25) is 0 Å². The molecule has 140 valence electrons. The minimum atomic E-state index is -0.310. The summed E-state index contributed by atoms with van der Waals surface area (Å²) in [5, 5.41) is 7.07. The summed E-state index contributed by atoms with van der Waals surface area (Å²) >= 11 is 0. The van der Waals surface area contributed by atoms with Crippen molar-refractivity contribution in [3.8, 4) is 0 Å². The fraction of sp³-hybridized carbons (Fsp3) is 0.300. The summed E-state index contributed by atoms with van der Waals surface area (Å²) in [6.07, 6.45) is 5.18. The van der Waals surface area contributed by atoms with Gasteiger partial charge in [-0.3, -0.25) is 14.5 Å². The van der Waals surface area contributed by atoms with E-state index in [1.165, 1.54) is 13.1 Å². The molecule has 0 fully saturated rings. The number of nitrogens with zero attached hydrogens (tertiary/aromatic N) is 4. The number of nitrogens with one attached hydrogen (secondary N) is 1. The molecule has 0 unspecified atom stereocenters. The van der Waals surface area contributed by atoms with E-state index >= 15 is 0 Å². The Morgan fingerprint density at radius 1 is 1.19 bits per heavy atom. The second kappa shape index (κ2) is 8.09. The first-order chi connectivity index (χ1) is 13.0. The summed E-state index contributed by atoms with van der Waals surface area (Å²) in [5.74, 6) is -0.362. The van der Waals surface area contributed by atoms with Gasteiger partial charge in [0.05, 0.1) is 6.20 Å². The summed E-state index contributed by atoms with van der Waals surface area (Å²) < 4.78 is 1.62. The number of Topliss-reactive ketones (excluding diaryl/α,β-unsaturated/α-hetero) is 1. The Morgan fingerprint density at radius 2 is 1.96 bits per heavy atom. The molecule has 0 aliphatic heterocycles. The van der Waals surface area contributed by atoms with Crippen LogP contribution >= 0.6 is 0 Å². The number of anilines is 1. The van der Waals surface area contributed by atoms with Crippen molar-refractivity contribution in [3.63, 3.8) is 0 Å². The lowest BCUT2D eigenvalue weighted by molar-refractivity contribution is 0.101. The van der Waals surface area contributed by atoms with Gasteiger partial charge in [-0.05, 0) is 32.1 Å². The molecule has 2 aromatic heterocycles. The Kier molecular flexibility index (Phi) is 5.61. The van der Waals surface area contributed by atoms with Crippen molar-refractivity contribution in [1.29, 1.82) is 0 Å². The summed E-state index contributed by atoms with van der Waals surface area (Å²) in [5.41, 5.74) is 3.03. The monoisotopic (exact) mass is 365 g/mol. The number of fused-ring (bicyclic) bond motifs is 1. The highest BCUT2D eigenvalue weighted by atomic mass is 16.1. The third-order valence-corrected chi connectivity index (χ3v) is 4.48. The fourth-order valence-electron chi connectivity index (χ4n) is 2.88. The van der Waals surface area contributed by atoms with Gasteiger partial charge in [-0.1, -0.05) is 26.0 Å². The first-order valence-corrected chi connectivity index (χ1v) is 8.98. The van der Waals surface area contributed by atoms with E-state index < -0.39 is 0 Å². The van der Waals surface area contributed by atoms with E-state index in [4.69, 9.17) is 0 Å². The number of rotatable bonds is 7. The van der Waals surface area contributed by atoms with Gasteiger partial charge in [0.25, 0.3) is 5.91 Å². The molecule has 0 atom stereocenters. The van der Waals surface area contributed by atoms with Gasteiger partial charge in [-0.15, -0.1) is 0 Å². The second-order valence-electron chi connectivity index (χ2n) is 6.34. The SMILES string of the molecule is CCN(CC)Cc1cnc2c(C(=O)Nc3cccc(C(C)=O)c3)cnn2c1. The van der Waals surface area contributed by atoms with Gasteiger partial charge in [-0.2, -0.15) is 5.10 Å². The molecule has 0 radical (unpaired) electrons. The van der Waals surface area contributed by atoms with Crippen LogP contribution in [-0.4, -0.2) is 44.3 Å². The van der Waals surface area contributed by atoms with Crippen molar-refractivity contribution < 1.29 is 9.59 Å². The zero-order valence-electron chi connectivity index (χ0n) is 15.8. The maximum atomic E-state index is 12.6. The number of amides is 1. The van der Waals surface area contributed by atoms with Crippen molar-refractivity contribution in [2.45, 2.75) is 27.3 Å². The minimum absolute atomic E-state index is 0.0514. The second-order valence-corrected chi connectivity index (χ2v) is 6.34. The number of aromatic nitrogens is 3. The van der Waals surface area contributed by atoms with Gasteiger partial charge in [0.15, 0.2) is 11.4 Å². The molecule has 7 heteroatoms. The molecular formula is C20H23N5O2. The smallest absolute Gasteiger partial charge is 0.261 e. The van der Waals surface area contributed by atoms with Crippen LogP contribution in [0.2, 0.25) is 0 Å². The van der Waals surface area contributed by atoms with Crippen LogP contribution in [-0.2, 0) is 6.54 Å². The van der Waals surface area contributed by atoms with Gasteiger partial charge in [-0.25, -0.2) is 9.50 Å². The normalized spacial score (nSPS) is 11.1. The highest BCUT2D eigenvalue weighted by Gasteiger charge is 2.15. The minimum Gasteiger partial charge on any atom is -0.322 e. The van der Waals surface area contributed by atoms with Gasteiger partial charge >= 0.3 is 0 Å². The molecule has 0 bridgehead atoms. The highest BCUT2D eigenvalue weighted by molar-refractivity contribution is 6.08. The van der Waals surface area contributed by atoms with Gasteiger partial charge < -0.3 is 5.32 Å². The molecule has 0 saturated heterocycles. The molecule has 1 amide bonds. The van der Waals surface area contributed by atoms with Gasteiger partial charge in [0.1, 0.15) is 5.56 Å². The molecule has 0 saturated carbocycles. The average molecular weight is 365 g/mol. The first kappa shape index (κ1) is 18.7. The van der Waals surface area contributed by atoms with E-state index in [-0.39, 0.29) is 11.7 Å². The molecular weight excluding hydrogens is 342 g/mol. The zero-order chi connectivity index (χ0) is 19.4. The summed E-state index contributed by atoms with van der Waals surface area (Å²) in [6.45, 7) is 8.43. The van der Waals surface area contributed by atoms with E-state index in [0.29, 0.717) is 22.5 Å². The summed E-state index contributed by atoms with van der Waals surface area (Å²) in [4.78, 5) is 30.8. The first-order valence-electron chi connectivity index (χ1n) is 8.98. The molecule has 1 N–H and O–H groups in total. The maximum Gasteiger partial charge on any atom is 0.261 e. The highest BCUT2D eigenvalue weighted by Crippen LogP contribution is 2.15. The predicted molar refractivity (Wildman–Crippen MR) is 104 cm³/mol. The maximum absolute atomic E-state index is 12.6. The third-order valence-electron chi connectivity index (χ3n) is 4.48. The predicted octanol–water partition coefficient (Wildman–Crippen LogP) is 3.03. The van der Waals surface area contributed by atoms with Crippen LogP contribution in [0, 0.1) is 0 Å². The van der Waals surface area contributed by atoms with Crippen molar-refractivity contribution in [1.82, 2.24) is 19.5 Å². The Hall–Kier alpha value is -3.06. The van der Waals surface area contributed by atoms with Crippen LogP contribution < -0.4 is 5.32 Å². The Labute approximate surface area is 158 Å². The van der Waals surface area contributed by atoms with E-state index in [9.17, 15) is 9.59 Å². The standard InChI is InChI=1S/C20H23N5O2/c1-4-24(5-2)12-15-10-21-19-18(11-22-25(19)13-15)20(27)23-17-8-6-7-16(9-17)14(3)26/h6-11,13H,4-5,12H2,1-3H3,(H,23,27). The lowest BCUT2D eigenvalue weighted by atomic mass is 10.1. The molecule has 3 rings (SSSR count). The van der Waals surface area contributed by atoms with E-state index in [0.717, 1.165) is 25.2 Å². The molecule has 3 aromatic rings. The largest absolute Gasteiger partial charge is 0.322 e. The number of hydrogen-bond acceptors (Lipinski definition) is 5. The number of benzene rings is 1. The fourth-order valence-corrected chi connectivity index (χ4v) is 2.88. The number of ketones is 1. The van der Waals surface area contributed by atoms with Crippen LogP contribution in [0.5, 0.6) is 0 Å². The number of carbonyl (C=O) groups excluding carboxylic acids is 2. The quantitative estimate of drug-likeness (QED) is 0.651. The van der Waals surface area contributed by atoms with Crippen LogP contribution in [0.25, 0.3) is 5.65 Å². The Morgan fingerprint density at radius 3 is 2.67 bits per heavy atom. The zero-order valence-corrected chi connectivity index (χ0v) is 15.8. The summed E-state index contributed by atoms with van der Waals surface area (Å²) in [7, 11) is 0. The van der Waals surface area contributed by atoms with E-state index in [2.05, 4.69) is 34.1 Å². The topological polar surface area (TPSA) is 79.6 Å². The van der Waals surface area contributed by atoms with Crippen LogP contribution in [0.4, 0.5) is 5.69 Å². The lowest BCUT2D eigenvalue weighted by Gasteiger charge is -2.17. The average Bonchev–Trinajstić information content (AvgIpc) is 3.09. The molecule has 0 aliphatic carbocycles. The van der Waals surface area contributed by atoms with Gasteiger partial charge in [0, 0.05) is 35.8 Å². The van der Waals surface area contributed by atoms with Crippen LogP contribution in [0.15, 0.2) is 42.9 Å². The number of hydrogen-bond donors (Lipinski definition) is 1. The molecule has 0 spiro atoms. The van der Waals surface area contributed by atoms with E-state index in [1.807, 2.05) is 6.20 Å². The lowest BCUT2D eigenvalue weighted by Crippen LogP contribution is -2.22. The third kappa shape index (κ3) is 4.20. The van der Waals surface area contributed by atoms with Crippen LogP contribution in [0.1, 0.15) is 47.1 Å². The molecule has 1 aromatic carbocycles. The van der Waals surface area contributed by atoms with Crippen molar-refractivity contribution in [2.75, 3.05) is 18.4 Å². The van der Waals surface area contributed by atoms with Crippen molar-refractivity contribution in [2.24, 2.45) is 0 Å².